The van der Waals surface area contributed by atoms with Crippen molar-refractivity contribution in [1.82, 2.24) is 14.5 Å². The van der Waals surface area contributed by atoms with Crippen molar-refractivity contribution in [3.63, 3.8) is 0 Å². The van der Waals surface area contributed by atoms with E-state index in [1.54, 1.807) is 18.2 Å². The van der Waals surface area contributed by atoms with Crippen LogP contribution in [-0.2, 0) is 11.3 Å². The summed E-state index contributed by atoms with van der Waals surface area (Å²) >= 11 is 5.96. The van der Waals surface area contributed by atoms with E-state index in [0.29, 0.717) is 15.9 Å². The molecular formula is C17H20ClN3O2. The van der Waals surface area contributed by atoms with E-state index in [0.717, 1.165) is 19.3 Å². The minimum atomic E-state index is -0.233. The van der Waals surface area contributed by atoms with Crippen molar-refractivity contribution in [2.75, 3.05) is 0 Å². The van der Waals surface area contributed by atoms with Gasteiger partial charge < -0.3 is 4.90 Å². The Balaban J connectivity index is 1.90. The average molecular weight is 334 g/mol. The number of amides is 1. The van der Waals surface area contributed by atoms with Gasteiger partial charge in [0.05, 0.1) is 17.2 Å². The number of piperidine rings is 1. The number of carbonyl (C=O) groups excluding carboxylic acids is 1. The maximum absolute atomic E-state index is 12.7. The molecule has 0 N–H and O–H groups in total. The van der Waals surface area contributed by atoms with E-state index >= 15 is 0 Å². The Kier molecular flexibility index (Phi) is 4.39. The first-order chi connectivity index (χ1) is 11.0. The molecule has 1 aliphatic rings. The molecule has 1 amide bonds. The second-order valence-electron chi connectivity index (χ2n) is 6.27. The molecule has 1 aromatic heterocycles. The van der Waals surface area contributed by atoms with Gasteiger partial charge in [-0.05, 0) is 51.3 Å². The summed E-state index contributed by atoms with van der Waals surface area (Å²) in [6, 6.07) is 5.43. The molecule has 122 valence electrons. The van der Waals surface area contributed by atoms with E-state index in [4.69, 9.17) is 11.6 Å². The third-order valence-electron chi connectivity index (χ3n) is 4.57. The van der Waals surface area contributed by atoms with Crippen LogP contribution < -0.4 is 5.56 Å². The lowest BCUT2D eigenvalue weighted by molar-refractivity contribution is -0.138. The number of hydrogen-bond donors (Lipinski definition) is 0. The molecule has 23 heavy (non-hydrogen) atoms. The Hall–Kier alpha value is -1.88. The number of likely N-dealkylation sites (tertiary alicyclic amines) is 1. The van der Waals surface area contributed by atoms with E-state index < -0.39 is 0 Å². The second kappa shape index (κ2) is 6.32. The first-order valence-electron chi connectivity index (χ1n) is 7.93. The fourth-order valence-corrected chi connectivity index (χ4v) is 3.56. The number of aromatic nitrogens is 2. The molecule has 2 unspecified atom stereocenters. The number of nitrogens with zero attached hydrogens (tertiary/aromatic N) is 3. The minimum Gasteiger partial charge on any atom is -0.336 e. The van der Waals surface area contributed by atoms with Gasteiger partial charge in [0.1, 0.15) is 6.54 Å². The van der Waals surface area contributed by atoms with Crippen LogP contribution in [0.1, 0.15) is 33.1 Å². The molecule has 2 aromatic rings. The minimum absolute atomic E-state index is 0.0168. The SMILES string of the molecule is CC1CCCC(C)N1C(=O)Cn1cnc2ccc(Cl)cc2c1=O. The molecule has 0 radical (unpaired) electrons. The van der Waals surface area contributed by atoms with Crippen LogP contribution >= 0.6 is 11.6 Å². The molecule has 0 saturated carbocycles. The second-order valence-corrected chi connectivity index (χ2v) is 6.71. The summed E-state index contributed by atoms with van der Waals surface area (Å²) in [5.74, 6) is -0.0324. The topological polar surface area (TPSA) is 55.2 Å². The van der Waals surface area contributed by atoms with Crippen LogP contribution in [-0.4, -0.2) is 32.4 Å². The molecule has 1 aromatic carbocycles. The fraction of sp³-hybridized carbons (Fsp3) is 0.471. The highest BCUT2D eigenvalue weighted by molar-refractivity contribution is 6.31. The predicted octanol–water partition coefficient (Wildman–Crippen LogP) is 2.84. The van der Waals surface area contributed by atoms with Gasteiger partial charge in [0.25, 0.3) is 5.56 Å². The Labute approximate surface area is 139 Å². The van der Waals surface area contributed by atoms with Crippen LogP contribution in [0.5, 0.6) is 0 Å². The van der Waals surface area contributed by atoms with E-state index in [1.165, 1.54) is 10.9 Å². The lowest BCUT2D eigenvalue weighted by Crippen LogP contribution is -2.49. The predicted molar refractivity (Wildman–Crippen MR) is 90.6 cm³/mol. The number of rotatable bonds is 2. The molecule has 1 aliphatic heterocycles. The third-order valence-corrected chi connectivity index (χ3v) is 4.81. The number of halogens is 1. The highest BCUT2D eigenvalue weighted by atomic mass is 35.5. The molecule has 0 spiro atoms. The molecule has 5 nitrogen and oxygen atoms in total. The molecule has 2 atom stereocenters. The van der Waals surface area contributed by atoms with Gasteiger partial charge in [-0.1, -0.05) is 11.6 Å². The summed E-state index contributed by atoms with van der Waals surface area (Å²) in [4.78, 5) is 31.4. The zero-order chi connectivity index (χ0) is 16.6. The van der Waals surface area contributed by atoms with Gasteiger partial charge in [0, 0.05) is 17.1 Å². The van der Waals surface area contributed by atoms with E-state index in [9.17, 15) is 9.59 Å². The quantitative estimate of drug-likeness (QED) is 0.849. The summed E-state index contributed by atoms with van der Waals surface area (Å²) in [6.45, 7) is 4.15. The lowest BCUT2D eigenvalue weighted by Gasteiger charge is -2.39. The number of benzene rings is 1. The standard InChI is InChI=1S/C17H20ClN3O2/c1-11-4-3-5-12(2)21(11)16(22)9-20-10-19-15-7-6-13(18)8-14(15)17(20)23/h6-8,10-12H,3-5,9H2,1-2H3. The number of carbonyl (C=O) groups is 1. The van der Waals surface area contributed by atoms with Crippen molar-refractivity contribution in [1.29, 1.82) is 0 Å². The third kappa shape index (κ3) is 3.11. The molecule has 6 heteroatoms. The summed E-state index contributed by atoms with van der Waals surface area (Å²) in [6.07, 6.45) is 4.60. The van der Waals surface area contributed by atoms with Gasteiger partial charge in [-0.2, -0.15) is 0 Å². The lowest BCUT2D eigenvalue weighted by atomic mass is 9.97. The average Bonchev–Trinajstić information content (AvgIpc) is 2.50. The maximum Gasteiger partial charge on any atom is 0.261 e. The molecule has 1 saturated heterocycles. The zero-order valence-electron chi connectivity index (χ0n) is 13.3. The van der Waals surface area contributed by atoms with Crippen molar-refractivity contribution < 1.29 is 4.79 Å². The van der Waals surface area contributed by atoms with E-state index in [1.807, 2.05) is 4.90 Å². The van der Waals surface area contributed by atoms with Gasteiger partial charge in [0.15, 0.2) is 0 Å². The van der Waals surface area contributed by atoms with Crippen LogP contribution in [0.3, 0.4) is 0 Å². The van der Waals surface area contributed by atoms with Crippen LogP contribution in [0.15, 0.2) is 29.3 Å². The van der Waals surface area contributed by atoms with Gasteiger partial charge in [-0.3, -0.25) is 14.2 Å². The zero-order valence-corrected chi connectivity index (χ0v) is 14.1. The Morgan fingerprint density at radius 2 is 2.00 bits per heavy atom. The highest BCUT2D eigenvalue weighted by Crippen LogP contribution is 2.22. The number of fused-ring (bicyclic) bond motifs is 1. The Bertz CT molecular complexity index is 792. The summed E-state index contributed by atoms with van der Waals surface area (Å²) < 4.78 is 1.37. The van der Waals surface area contributed by atoms with Crippen LogP contribution in [0, 0.1) is 0 Å². The summed E-state index contributed by atoms with van der Waals surface area (Å²) in [7, 11) is 0. The van der Waals surface area contributed by atoms with Gasteiger partial charge in [-0.15, -0.1) is 0 Å². The van der Waals surface area contributed by atoms with Crippen molar-refractivity contribution in [3.8, 4) is 0 Å². The first-order valence-corrected chi connectivity index (χ1v) is 8.31. The smallest absolute Gasteiger partial charge is 0.261 e. The molecule has 0 bridgehead atoms. The first kappa shape index (κ1) is 16.0. The molecule has 1 fully saturated rings. The van der Waals surface area contributed by atoms with Crippen LogP contribution in [0.25, 0.3) is 10.9 Å². The van der Waals surface area contributed by atoms with Crippen molar-refractivity contribution >= 4 is 28.4 Å². The van der Waals surface area contributed by atoms with Crippen molar-refractivity contribution in [2.24, 2.45) is 0 Å². The normalized spacial score (nSPS) is 21.6. The van der Waals surface area contributed by atoms with Crippen LogP contribution in [0.2, 0.25) is 5.02 Å². The monoisotopic (exact) mass is 333 g/mol. The van der Waals surface area contributed by atoms with Gasteiger partial charge in [0.2, 0.25) is 5.91 Å². The number of hydrogen-bond acceptors (Lipinski definition) is 3. The summed E-state index contributed by atoms with van der Waals surface area (Å²) in [5.41, 5.74) is 0.353. The molecular weight excluding hydrogens is 314 g/mol. The molecule has 0 aliphatic carbocycles. The van der Waals surface area contributed by atoms with Crippen molar-refractivity contribution in [3.05, 3.63) is 39.9 Å². The van der Waals surface area contributed by atoms with Crippen LogP contribution in [0.4, 0.5) is 0 Å². The molecule has 3 rings (SSSR count). The molecule has 2 heterocycles. The van der Waals surface area contributed by atoms with E-state index in [-0.39, 0.29) is 30.1 Å². The fourth-order valence-electron chi connectivity index (χ4n) is 3.38. The van der Waals surface area contributed by atoms with Gasteiger partial charge >= 0.3 is 0 Å². The largest absolute Gasteiger partial charge is 0.336 e. The van der Waals surface area contributed by atoms with Crippen molar-refractivity contribution in [2.45, 2.75) is 51.7 Å². The van der Waals surface area contributed by atoms with E-state index in [2.05, 4.69) is 18.8 Å². The highest BCUT2D eigenvalue weighted by Gasteiger charge is 2.29. The maximum atomic E-state index is 12.7. The Morgan fingerprint density at radius 1 is 1.30 bits per heavy atom. The Morgan fingerprint density at radius 3 is 2.70 bits per heavy atom. The summed E-state index contributed by atoms with van der Waals surface area (Å²) in [5, 5.41) is 0.922. The van der Waals surface area contributed by atoms with Gasteiger partial charge in [-0.25, -0.2) is 4.98 Å².